The quantitative estimate of drug-likeness (QED) is 0.793. The van der Waals surface area contributed by atoms with Crippen molar-refractivity contribution in [3.63, 3.8) is 0 Å². The van der Waals surface area contributed by atoms with Gasteiger partial charge in [-0.2, -0.15) is 10.2 Å². The molecule has 0 aliphatic carbocycles. The van der Waals surface area contributed by atoms with Gasteiger partial charge in [-0.25, -0.2) is 0 Å². The summed E-state index contributed by atoms with van der Waals surface area (Å²) in [6, 6.07) is 3.39. The lowest BCUT2D eigenvalue weighted by Crippen LogP contribution is -2.29. The SMILES string of the molecule is C#CCCC1(CCNC(=O)c2c[nH]c(=O)c3ncccc23)N=N1. The summed E-state index contributed by atoms with van der Waals surface area (Å²) in [5, 5.41) is 11.4. The number of hydrogen-bond acceptors (Lipinski definition) is 5. The van der Waals surface area contributed by atoms with E-state index in [1.807, 2.05) is 0 Å². The van der Waals surface area contributed by atoms with Crippen LogP contribution in [0, 0.1) is 12.3 Å². The topological polar surface area (TPSA) is 99.6 Å². The minimum Gasteiger partial charge on any atom is -0.352 e. The Labute approximate surface area is 132 Å². The highest BCUT2D eigenvalue weighted by Gasteiger charge is 2.38. The van der Waals surface area contributed by atoms with Gasteiger partial charge in [0.2, 0.25) is 0 Å². The van der Waals surface area contributed by atoms with Crippen LogP contribution in [-0.2, 0) is 0 Å². The molecule has 0 radical (unpaired) electrons. The van der Waals surface area contributed by atoms with Crippen molar-refractivity contribution in [2.24, 2.45) is 10.2 Å². The van der Waals surface area contributed by atoms with E-state index in [2.05, 4.69) is 31.4 Å². The zero-order valence-corrected chi connectivity index (χ0v) is 12.4. The summed E-state index contributed by atoms with van der Waals surface area (Å²) in [5.74, 6) is 2.29. The van der Waals surface area contributed by atoms with Gasteiger partial charge in [-0.15, -0.1) is 12.3 Å². The first-order valence-electron chi connectivity index (χ1n) is 7.27. The fourth-order valence-corrected chi connectivity index (χ4v) is 2.41. The fraction of sp³-hybridized carbons (Fsp3) is 0.312. The van der Waals surface area contributed by atoms with Gasteiger partial charge in [0.05, 0.1) is 5.56 Å². The van der Waals surface area contributed by atoms with Crippen LogP contribution in [0.1, 0.15) is 29.6 Å². The number of H-pyrrole nitrogens is 1. The molecule has 2 aromatic heterocycles. The Bertz CT molecular complexity index is 872. The summed E-state index contributed by atoms with van der Waals surface area (Å²) in [4.78, 5) is 30.6. The highest BCUT2D eigenvalue weighted by atomic mass is 16.1. The number of amides is 1. The summed E-state index contributed by atoms with van der Waals surface area (Å²) in [6.07, 6.45) is 10.1. The van der Waals surface area contributed by atoms with E-state index in [1.165, 1.54) is 12.4 Å². The van der Waals surface area contributed by atoms with E-state index in [9.17, 15) is 9.59 Å². The van der Waals surface area contributed by atoms with Gasteiger partial charge in [-0.1, -0.05) is 6.07 Å². The van der Waals surface area contributed by atoms with Gasteiger partial charge in [-0.05, 0) is 6.07 Å². The monoisotopic (exact) mass is 309 g/mol. The Hall–Kier alpha value is -3.01. The number of carbonyl (C=O) groups excluding carboxylic acids is 1. The third-order valence-electron chi connectivity index (χ3n) is 3.77. The number of fused-ring (bicyclic) bond motifs is 1. The summed E-state index contributed by atoms with van der Waals surface area (Å²) in [7, 11) is 0. The van der Waals surface area contributed by atoms with Crippen molar-refractivity contribution in [1.29, 1.82) is 0 Å². The first-order valence-corrected chi connectivity index (χ1v) is 7.27. The zero-order valence-electron chi connectivity index (χ0n) is 12.4. The molecule has 2 aromatic rings. The molecule has 1 aliphatic heterocycles. The van der Waals surface area contributed by atoms with Crippen LogP contribution in [0.25, 0.3) is 10.9 Å². The summed E-state index contributed by atoms with van der Waals surface area (Å²) >= 11 is 0. The van der Waals surface area contributed by atoms with E-state index in [4.69, 9.17) is 6.42 Å². The molecule has 0 saturated carbocycles. The van der Waals surface area contributed by atoms with Gasteiger partial charge >= 0.3 is 0 Å². The van der Waals surface area contributed by atoms with Crippen LogP contribution in [0.4, 0.5) is 0 Å². The van der Waals surface area contributed by atoms with E-state index < -0.39 is 5.66 Å². The van der Waals surface area contributed by atoms with Gasteiger partial charge in [0.25, 0.3) is 11.5 Å². The first kappa shape index (κ1) is 14.9. The van der Waals surface area contributed by atoms with Gasteiger partial charge < -0.3 is 10.3 Å². The van der Waals surface area contributed by atoms with E-state index in [0.717, 1.165) is 0 Å². The van der Waals surface area contributed by atoms with E-state index >= 15 is 0 Å². The number of hydrogen-bond donors (Lipinski definition) is 2. The van der Waals surface area contributed by atoms with Crippen LogP contribution in [0.5, 0.6) is 0 Å². The maximum Gasteiger partial charge on any atom is 0.274 e. The minimum absolute atomic E-state index is 0.248. The van der Waals surface area contributed by atoms with Crippen molar-refractivity contribution < 1.29 is 4.79 Å². The fourth-order valence-electron chi connectivity index (χ4n) is 2.41. The molecule has 0 atom stereocenters. The van der Waals surface area contributed by atoms with Gasteiger partial charge in [0, 0.05) is 43.6 Å². The standard InChI is InChI=1S/C16H15N5O2/c1-2-3-6-16(20-21-16)7-9-18-14(22)12-10-19-15(23)13-11(12)5-4-8-17-13/h1,4-5,8,10H,3,6-7,9H2,(H,18,22)(H,19,23). The maximum atomic E-state index is 12.3. The third-order valence-corrected chi connectivity index (χ3v) is 3.77. The van der Waals surface area contributed by atoms with E-state index in [1.54, 1.807) is 12.1 Å². The van der Waals surface area contributed by atoms with Crippen LogP contribution >= 0.6 is 0 Å². The maximum absolute atomic E-state index is 12.3. The highest BCUT2D eigenvalue weighted by molar-refractivity contribution is 6.05. The molecule has 0 bridgehead atoms. The average molecular weight is 309 g/mol. The largest absolute Gasteiger partial charge is 0.352 e. The molecular formula is C16H15N5O2. The molecule has 1 amide bonds. The molecule has 0 aromatic carbocycles. The molecule has 116 valence electrons. The molecule has 7 nitrogen and oxygen atoms in total. The molecule has 0 spiro atoms. The number of pyridine rings is 2. The number of nitrogens with zero attached hydrogens (tertiary/aromatic N) is 3. The number of nitrogens with one attached hydrogen (secondary N) is 2. The lowest BCUT2D eigenvalue weighted by molar-refractivity contribution is 0.0953. The van der Waals surface area contributed by atoms with Gasteiger partial charge in [0.1, 0.15) is 5.52 Å². The first-order chi connectivity index (χ1) is 11.2. The Kier molecular flexibility index (Phi) is 3.89. The minimum atomic E-state index is -0.422. The number of rotatable bonds is 6. The van der Waals surface area contributed by atoms with E-state index in [0.29, 0.717) is 36.8 Å². The molecular weight excluding hydrogens is 294 g/mol. The predicted octanol–water partition coefficient (Wildman–Crippen LogP) is 1.62. The molecule has 0 saturated heterocycles. The molecule has 0 unspecified atom stereocenters. The zero-order chi connectivity index (χ0) is 16.3. The Morgan fingerprint density at radius 1 is 1.39 bits per heavy atom. The van der Waals surface area contributed by atoms with Crippen LogP contribution in [-0.4, -0.2) is 28.1 Å². The van der Waals surface area contributed by atoms with Crippen molar-refractivity contribution in [2.75, 3.05) is 6.54 Å². The molecule has 7 heteroatoms. The number of terminal acetylenes is 1. The van der Waals surface area contributed by atoms with Gasteiger partial charge in [0.15, 0.2) is 5.66 Å². The Morgan fingerprint density at radius 2 is 2.22 bits per heavy atom. The second kappa shape index (κ2) is 6.01. The van der Waals surface area contributed by atoms with Crippen molar-refractivity contribution in [1.82, 2.24) is 15.3 Å². The highest BCUT2D eigenvalue weighted by Crippen LogP contribution is 2.36. The molecule has 3 rings (SSSR count). The van der Waals surface area contributed by atoms with Gasteiger partial charge in [-0.3, -0.25) is 14.6 Å². The summed E-state index contributed by atoms with van der Waals surface area (Å²) in [6.45, 7) is 0.428. The van der Waals surface area contributed by atoms with Crippen LogP contribution in [0.3, 0.4) is 0 Å². The normalized spacial score (nSPS) is 14.4. The second-order valence-electron chi connectivity index (χ2n) is 5.32. The molecule has 1 aliphatic rings. The molecule has 23 heavy (non-hydrogen) atoms. The van der Waals surface area contributed by atoms with Crippen LogP contribution in [0.2, 0.25) is 0 Å². The average Bonchev–Trinajstić information content (AvgIpc) is 3.33. The second-order valence-corrected chi connectivity index (χ2v) is 5.32. The summed E-state index contributed by atoms with van der Waals surface area (Å²) < 4.78 is 0. The Morgan fingerprint density at radius 3 is 2.96 bits per heavy atom. The Balaban J connectivity index is 1.67. The predicted molar refractivity (Wildman–Crippen MR) is 85.0 cm³/mol. The lowest BCUT2D eigenvalue weighted by atomic mass is 10.0. The van der Waals surface area contributed by atoms with Crippen molar-refractivity contribution in [2.45, 2.75) is 24.9 Å². The molecule has 2 N–H and O–H groups in total. The van der Waals surface area contributed by atoms with Crippen molar-refractivity contribution in [3.05, 3.63) is 40.4 Å². The lowest BCUT2D eigenvalue weighted by Gasteiger charge is -2.10. The van der Waals surface area contributed by atoms with Crippen LogP contribution in [0.15, 0.2) is 39.5 Å². The molecule has 3 heterocycles. The number of aromatic nitrogens is 2. The van der Waals surface area contributed by atoms with Crippen molar-refractivity contribution >= 4 is 16.8 Å². The molecule has 0 fully saturated rings. The number of carbonyl (C=O) groups is 1. The van der Waals surface area contributed by atoms with Crippen molar-refractivity contribution in [3.8, 4) is 12.3 Å². The van der Waals surface area contributed by atoms with E-state index in [-0.39, 0.29) is 17.0 Å². The summed E-state index contributed by atoms with van der Waals surface area (Å²) in [5.41, 5.74) is -0.109. The number of aromatic amines is 1. The van der Waals surface area contributed by atoms with Crippen LogP contribution < -0.4 is 10.9 Å². The smallest absolute Gasteiger partial charge is 0.274 e. The third kappa shape index (κ3) is 3.11.